The van der Waals surface area contributed by atoms with Crippen LogP contribution in [0.15, 0.2) is 35.4 Å². The number of thioether (sulfide) groups is 1. The number of nitrogens with zero attached hydrogens (tertiary/aromatic N) is 2. The van der Waals surface area contributed by atoms with E-state index >= 15 is 0 Å². The van der Waals surface area contributed by atoms with Gasteiger partial charge in [0.1, 0.15) is 6.61 Å². The van der Waals surface area contributed by atoms with Crippen LogP contribution in [-0.4, -0.2) is 27.0 Å². The molecule has 0 spiro atoms. The Morgan fingerprint density at radius 2 is 2.12 bits per heavy atom. The first-order valence-corrected chi connectivity index (χ1v) is 8.30. The average Bonchev–Trinajstić information content (AvgIpc) is 2.90. The molecule has 2 aromatic rings. The van der Waals surface area contributed by atoms with Crippen molar-refractivity contribution in [1.29, 1.82) is 0 Å². The molecule has 9 heteroatoms. The first-order chi connectivity index (χ1) is 11.4. The van der Waals surface area contributed by atoms with E-state index in [-0.39, 0.29) is 29.0 Å². The van der Waals surface area contributed by atoms with E-state index in [1.54, 1.807) is 26.1 Å². The van der Waals surface area contributed by atoms with E-state index in [4.69, 9.17) is 9.47 Å². The summed E-state index contributed by atoms with van der Waals surface area (Å²) in [6.45, 7) is 3.33. The number of hydrogen-bond donors (Lipinski definition) is 1. The maximum atomic E-state index is 12.8. The van der Waals surface area contributed by atoms with Crippen molar-refractivity contribution in [3.05, 3.63) is 41.6 Å². The Balaban J connectivity index is 2.30. The number of esters is 1. The third-order valence-corrected chi connectivity index (χ3v) is 3.86. The number of alkyl halides is 2. The van der Waals surface area contributed by atoms with E-state index in [1.165, 1.54) is 22.3 Å². The summed E-state index contributed by atoms with van der Waals surface area (Å²) >= 11 is 4.34. The molecule has 2 rings (SSSR count). The van der Waals surface area contributed by atoms with Gasteiger partial charge in [0.15, 0.2) is 0 Å². The minimum absolute atomic E-state index is 0.0940. The molecular weight excluding hydrogens is 358 g/mol. The minimum atomic E-state index is -2.61. The van der Waals surface area contributed by atoms with Gasteiger partial charge in [-0.15, -0.1) is 5.10 Å². The lowest BCUT2D eigenvalue weighted by molar-refractivity contribution is 0.0374. The molecule has 5 nitrogen and oxygen atoms in total. The van der Waals surface area contributed by atoms with Crippen LogP contribution in [0.3, 0.4) is 0 Å². The maximum Gasteiger partial charge on any atom is 0.338 e. The van der Waals surface area contributed by atoms with Crippen molar-refractivity contribution < 1.29 is 23.0 Å². The van der Waals surface area contributed by atoms with Gasteiger partial charge in [0.2, 0.25) is 5.88 Å². The maximum absolute atomic E-state index is 12.8. The second-order valence-electron chi connectivity index (χ2n) is 4.98. The quantitative estimate of drug-likeness (QED) is 0.450. The smallest absolute Gasteiger partial charge is 0.338 e. The average molecular weight is 374 g/mol. The number of thiol groups is 1. The lowest BCUT2D eigenvalue weighted by Crippen LogP contribution is -2.15. The molecule has 0 bridgehead atoms. The predicted octanol–water partition coefficient (Wildman–Crippen LogP) is 4.03. The highest BCUT2D eigenvalue weighted by Crippen LogP contribution is 2.31. The first kappa shape index (κ1) is 18.6. The Bertz CT molecular complexity index is 708. The molecule has 0 radical (unpaired) electrons. The number of benzene rings is 1. The SMILES string of the molecule is CC(C)OC(=O)c1cccc(SC(F)F)c1COc1ccn(S)n1. The molecule has 0 unspecified atom stereocenters. The molecular formula is C15H16F2N2O3S2. The first-order valence-electron chi connectivity index (χ1n) is 7.02. The van der Waals surface area contributed by atoms with Gasteiger partial charge in [-0.1, -0.05) is 17.8 Å². The van der Waals surface area contributed by atoms with Crippen LogP contribution in [0.1, 0.15) is 29.8 Å². The second kappa shape index (κ2) is 8.39. The number of ether oxygens (including phenoxy) is 2. The summed E-state index contributed by atoms with van der Waals surface area (Å²) < 4.78 is 37.5. The third kappa shape index (κ3) is 5.13. The number of halogens is 2. The van der Waals surface area contributed by atoms with Crippen molar-refractivity contribution in [2.75, 3.05) is 0 Å². The van der Waals surface area contributed by atoms with Crippen molar-refractivity contribution in [3.8, 4) is 5.88 Å². The van der Waals surface area contributed by atoms with Crippen LogP contribution < -0.4 is 4.74 Å². The molecule has 130 valence electrons. The molecule has 0 aliphatic carbocycles. The summed E-state index contributed by atoms with van der Waals surface area (Å²) in [6, 6.07) is 6.14. The third-order valence-electron chi connectivity index (χ3n) is 2.83. The fourth-order valence-electron chi connectivity index (χ4n) is 1.91. The number of aromatic nitrogens is 2. The molecule has 1 heterocycles. The largest absolute Gasteiger partial charge is 0.472 e. The van der Waals surface area contributed by atoms with Crippen LogP contribution in [0, 0.1) is 0 Å². The van der Waals surface area contributed by atoms with Crippen molar-refractivity contribution in [2.24, 2.45) is 0 Å². The van der Waals surface area contributed by atoms with Crippen molar-refractivity contribution in [1.82, 2.24) is 9.19 Å². The zero-order chi connectivity index (χ0) is 17.7. The molecule has 1 aromatic carbocycles. The Labute approximate surface area is 147 Å². The molecule has 0 N–H and O–H groups in total. The number of rotatable bonds is 7. The molecule has 0 atom stereocenters. The van der Waals surface area contributed by atoms with Gasteiger partial charge in [0.05, 0.1) is 11.7 Å². The Morgan fingerprint density at radius 1 is 1.38 bits per heavy atom. The zero-order valence-electron chi connectivity index (χ0n) is 13.0. The summed E-state index contributed by atoms with van der Waals surface area (Å²) in [5.41, 5.74) is 0.529. The highest BCUT2D eigenvalue weighted by atomic mass is 32.2. The molecule has 1 aromatic heterocycles. The van der Waals surface area contributed by atoms with Crippen molar-refractivity contribution in [3.63, 3.8) is 0 Å². The molecule has 24 heavy (non-hydrogen) atoms. The topological polar surface area (TPSA) is 53.4 Å². The van der Waals surface area contributed by atoms with Gasteiger partial charge in [0, 0.05) is 22.7 Å². The minimum Gasteiger partial charge on any atom is -0.472 e. The fraction of sp³-hybridized carbons (Fsp3) is 0.333. The van der Waals surface area contributed by atoms with E-state index in [0.717, 1.165) is 0 Å². The second-order valence-corrected chi connectivity index (χ2v) is 6.42. The van der Waals surface area contributed by atoms with Crippen LogP contribution in [0.2, 0.25) is 0 Å². The van der Waals surface area contributed by atoms with E-state index in [9.17, 15) is 13.6 Å². The summed E-state index contributed by atoms with van der Waals surface area (Å²) in [4.78, 5) is 12.5. The number of carbonyl (C=O) groups is 1. The van der Waals surface area contributed by atoms with Crippen LogP contribution in [0.25, 0.3) is 0 Å². The van der Waals surface area contributed by atoms with Crippen molar-refractivity contribution >= 4 is 30.5 Å². The Morgan fingerprint density at radius 3 is 2.71 bits per heavy atom. The van der Waals surface area contributed by atoms with E-state index < -0.39 is 11.7 Å². The number of carbonyl (C=O) groups excluding carboxylic acids is 1. The van der Waals surface area contributed by atoms with Gasteiger partial charge in [-0.05, 0) is 38.8 Å². The standard InChI is InChI=1S/C15H16F2N2O3S2/c1-9(2)22-14(20)10-4-3-5-12(24-15(16)17)11(10)8-21-13-6-7-19(23)18-13/h3-7,9,15,23H,8H2,1-2H3. The molecule has 0 fully saturated rings. The van der Waals surface area contributed by atoms with Crippen LogP contribution in [0.5, 0.6) is 5.88 Å². The van der Waals surface area contributed by atoms with Gasteiger partial charge in [0.25, 0.3) is 5.76 Å². The summed E-state index contributed by atoms with van der Waals surface area (Å²) in [6.07, 6.45) is 1.24. The molecule has 0 aliphatic rings. The Hall–Kier alpha value is -1.74. The zero-order valence-corrected chi connectivity index (χ0v) is 14.7. The highest BCUT2D eigenvalue weighted by molar-refractivity contribution is 7.99. The van der Waals surface area contributed by atoms with E-state index in [2.05, 4.69) is 17.9 Å². The molecule has 0 aliphatic heterocycles. The van der Waals surface area contributed by atoms with Crippen LogP contribution in [0.4, 0.5) is 8.78 Å². The molecule has 0 saturated carbocycles. The van der Waals surface area contributed by atoms with Crippen LogP contribution in [-0.2, 0) is 11.3 Å². The van der Waals surface area contributed by atoms with Gasteiger partial charge in [-0.3, -0.25) is 0 Å². The molecule has 0 saturated heterocycles. The predicted molar refractivity (Wildman–Crippen MR) is 89.8 cm³/mol. The highest BCUT2D eigenvalue weighted by Gasteiger charge is 2.20. The summed E-state index contributed by atoms with van der Waals surface area (Å²) in [5.74, 6) is -2.93. The lowest BCUT2D eigenvalue weighted by Gasteiger charge is -2.15. The number of hydrogen-bond acceptors (Lipinski definition) is 6. The van der Waals surface area contributed by atoms with Gasteiger partial charge >= 0.3 is 5.97 Å². The lowest BCUT2D eigenvalue weighted by atomic mass is 10.1. The van der Waals surface area contributed by atoms with Crippen LogP contribution >= 0.6 is 24.6 Å². The normalized spacial score (nSPS) is 11.1. The van der Waals surface area contributed by atoms with Gasteiger partial charge in [-0.25, -0.2) is 8.88 Å². The van der Waals surface area contributed by atoms with Crippen molar-refractivity contribution in [2.45, 2.75) is 37.2 Å². The molecule has 0 amide bonds. The monoisotopic (exact) mass is 374 g/mol. The van der Waals surface area contributed by atoms with Gasteiger partial charge < -0.3 is 9.47 Å². The summed E-state index contributed by atoms with van der Waals surface area (Å²) in [5, 5.41) is 3.93. The fourth-order valence-corrected chi connectivity index (χ4v) is 2.73. The Kier molecular flexibility index (Phi) is 6.50. The van der Waals surface area contributed by atoms with Gasteiger partial charge in [-0.2, -0.15) is 8.78 Å². The van der Waals surface area contributed by atoms with E-state index in [0.29, 0.717) is 17.3 Å². The summed E-state index contributed by atoms with van der Waals surface area (Å²) in [7, 11) is 0. The van der Waals surface area contributed by atoms with E-state index in [1.807, 2.05) is 0 Å².